The van der Waals surface area contributed by atoms with Gasteiger partial charge in [-0.2, -0.15) is 0 Å². The Balaban J connectivity index is 1.75. The summed E-state index contributed by atoms with van der Waals surface area (Å²) >= 11 is 0. The van der Waals surface area contributed by atoms with Crippen molar-refractivity contribution >= 4 is 5.91 Å². The number of hydrogen-bond donors (Lipinski definition) is 0. The van der Waals surface area contributed by atoms with Gasteiger partial charge in [-0.25, -0.2) is 0 Å². The monoisotopic (exact) mass is 403 g/mol. The molecule has 4 rings (SSSR count). The number of piperazine rings is 1. The first-order valence-electron chi connectivity index (χ1n) is 10.6. The zero-order valence-electron chi connectivity index (χ0n) is 18.0. The number of rotatable bonds is 5. The predicted octanol–water partition coefficient (Wildman–Crippen LogP) is 4.24. The van der Waals surface area contributed by atoms with Crippen LogP contribution in [0.15, 0.2) is 60.7 Å². The molecule has 5 nitrogen and oxygen atoms in total. The summed E-state index contributed by atoms with van der Waals surface area (Å²) in [5, 5.41) is 0. The number of para-hydroxylation sites is 1. The minimum atomic E-state index is 0.118. The van der Waals surface area contributed by atoms with Gasteiger partial charge >= 0.3 is 0 Å². The zero-order chi connectivity index (χ0) is 21.1. The molecule has 1 aliphatic heterocycles. The van der Waals surface area contributed by atoms with Crippen LogP contribution in [-0.4, -0.2) is 60.1 Å². The summed E-state index contributed by atoms with van der Waals surface area (Å²) in [4.78, 5) is 17.8. The molecule has 1 aromatic heterocycles. The highest BCUT2D eigenvalue weighted by Gasteiger charge is 2.26. The van der Waals surface area contributed by atoms with E-state index in [2.05, 4.69) is 28.5 Å². The van der Waals surface area contributed by atoms with Crippen molar-refractivity contribution in [3.05, 3.63) is 71.9 Å². The Bertz CT molecular complexity index is 1000. The van der Waals surface area contributed by atoms with Crippen molar-refractivity contribution < 1.29 is 9.53 Å². The third kappa shape index (κ3) is 3.85. The van der Waals surface area contributed by atoms with Gasteiger partial charge in [-0.1, -0.05) is 25.1 Å². The number of carbonyl (C=O) groups is 1. The summed E-state index contributed by atoms with van der Waals surface area (Å²) in [6, 6.07) is 20.3. The molecular formula is C25H29N3O2. The fourth-order valence-corrected chi connectivity index (χ4v) is 4.14. The lowest BCUT2D eigenvalue weighted by Gasteiger charge is -2.34. The van der Waals surface area contributed by atoms with Gasteiger partial charge in [-0.3, -0.25) is 4.79 Å². The molecule has 1 fully saturated rings. The number of benzene rings is 2. The Morgan fingerprint density at radius 1 is 0.967 bits per heavy atom. The van der Waals surface area contributed by atoms with E-state index in [1.807, 2.05) is 60.4 Å². The highest BCUT2D eigenvalue weighted by Crippen LogP contribution is 2.31. The average molecular weight is 404 g/mol. The molecule has 0 radical (unpaired) electrons. The number of likely N-dealkylation sites (N-methyl/N-ethyl adjacent to an activating group) is 1. The Hall–Kier alpha value is -3.05. The molecular weight excluding hydrogens is 374 g/mol. The quantitative estimate of drug-likeness (QED) is 0.640. The second kappa shape index (κ2) is 8.76. The fourth-order valence-electron chi connectivity index (χ4n) is 4.14. The van der Waals surface area contributed by atoms with Crippen LogP contribution < -0.4 is 4.74 Å². The van der Waals surface area contributed by atoms with E-state index >= 15 is 0 Å². The third-order valence-electron chi connectivity index (χ3n) is 5.98. The van der Waals surface area contributed by atoms with Gasteiger partial charge in [-0.05, 0) is 61.5 Å². The molecule has 2 heterocycles. The van der Waals surface area contributed by atoms with Crippen LogP contribution in [0.25, 0.3) is 16.9 Å². The van der Waals surface area contributed by atoms with E-state index < -0.39 is 0 Å². The van der Waals surface area contributed by atoms with Crippen molar-refractivity contribution in [3.63, 3.8) is 0 Å². The molecule has 0 saturated carbocycles. The maximum absolute atomic E-state index is 13.4. The fraction of sp³-hybridized carbons (Fsp3) is 0.320. The van der Waals surface area contributed by atoms with Gasteiger partial charge in [0.2, 0.25) is 0 Å². The summed E-state index contributed by atoms with van der Waals surface area (Å²) in [6.07, 6.45) is 0. The number of aromatic nitrogens is 1. The van der Waals surface area contributed by atoms with Crippen LogP contribution in [0, 0.1) is 6.92 Å². The maximum atomic E-state index is 13.4. The van der Waals surface area contributed by atoms with Crippen LogP contribution in [0.5, 0.6) is 5.75 Å². The van der Waals surface area contributed by atoms with Crippen molar-refractivity contribution in [1.29, 1.82) is 0 Å². The van der Waals surface area contributed by atoms with Crippen molar-refractivity contribution in [2.24, 2.45) is 0 Å². The molecule has 156 valence electrons. The summed E-state index contributed by atoms with van der Waals surface area (Å²) in [5.74, 6) is 0.936. The zero-order valence-corrected chi connectivity index (χ0v) is 18.0. The lowest BCUT2D eigenvalue weighted by molar-refractivity contribution is 0.0642. The van der Waals surface area contributed by atoms with Crippen molar-refractivity contribution in [3.8, 4) is 22.7 Å². The van der Waals surface area contributed by atoms with Crippen molar-refractivity contribution in [1.82, 2.24) is 14.4 Å². The van der Waals surface area contributed by atoms with Crippen molar-refractivity contribution in [2.45, 2.75) is 13.8 Å². The molecule has 0 unspecified atom stereocenters. The van der Waals surface area contributed by atoms with E-state index in [0.717, 1.165) is 66.7 Å². The van der Waals surface area contributed by atoms with E-state index in [1.165, 1.54) is 0 Å². The molecule has 0 atom stereocenters. The van der Waals surface area contributed by atoms with Crippen LogP contribution in [0.1, 0.15) is 23.0 Å². The summed E-state index contributed by atoms with van der Waals surface area (Å²) < 4.78 is 7.49. The molecule has 1 saturated heterocycles. The molecule has 1 aliphatic rings. The standard InChI is InChI=1S/C25H29N3O2/c1-4-26-14-16-27(17-15-26)25(29)23-18-24(20-10-12-22(30-3)13-11-20)28(19(23)2)21-8-6-5-7-9-21/h5-13,18H,4,14-17H2,1-3H3. The van der Waals surface area contributed by atoms with Crippen LogP contribution in [0.3, 0.4) is 0 Å². The van der Waals surface area contributed by atoms with E-state index in [0.29, 0.717) is 0 Å². The number of ether oxygens (including phenoxy) is 1. The first kappa shape index (κ1) is 20.2. The average Bonchev–Trinajstić information content (AvgIpc) is 3.16. The highest BCUT2D eigenvalue weighted by molar-refractivity contribution is 5.97. The highest BCUT2D eigenvalue weighted by atomic mass is 16.5. The summed E-state index contributed by atoms with van der Waals surface area (Å²) in [7, 11) is 1.67. The lowest BCUT2D eigenvalue weighted by Crippen LogP contribution is -2.48. The lowest BCUT2D eigenvalue weighted by atomic mass is 10.1. The first-order chi connectivity index (χ1) is 14.6. The van der Waals surface area contributed by atoms with E-state index in [-0.39, 0.29) is 5.91 Å². The SMILES string of the molecule is CCN1CCN(C(=O)c2cc(-c3ccc(OC)cc3)n(-c3ccccc3)c2C)CC1. The molecule has 1 amide bonds. The minimum absolute atomic E-state index is 0.118. The topological polar surface area (TPSA) is 37.7 Å². The molecule has 2 aromatic carbocycles. The number of carbonyl (C=O) groups excluding carboxylic acids is 1. The largest absolute Gasteiger partial charge is 0.497 e. The van der Waals surface area contributed by atoms with E-state index in [4.69, 9.17) is 4.74 Å². The number of amides is 1. The van der Waals surface area contributed by atoms with Crippen LogP contribution in [-0.2, 0) is 0 Å². The Kier molecular flexibility index (Phi) is 5.91. The van der Waals surface area contributed by atoms with Gasteiger partial charge < -0.3 is 19.1 Å². The molecule has 0 aliphatic carbocycles. The van der Waals surface area contributed by atoms with Crippen LogP contribution >= 0.6 is 0 Å². The smallest absolute Gasteiger partial charge is 0.255 e. The van der Waals surface area contributed by atoms with Gasteiger partial charge in [0.15, 0.2) is 0 Å². The second-order valence-corrected chi connectivity index (χ2v) is 7.65. The van der Waals surface area contributed by atoms with Gasteiger partial charge in [-0.15, -0.1) is 0 Å². The Labute approximate surface area is 178 Å². The summed E-state index contributed by atoms with van der Waals surface area (Å²) in [6.45, 7) is 8.67. The molecule has 0 N–H and O–H groups in total. The number of methoxy groups -OCH3 is 1. The van der Waals surface area contributed by atoms with Crippen molar-refractivity contribution in [2.75, 3.05) is 39.8 Å². The molecule has 30 heavy (non-hydrogen) atoms. The molecule has 0 spiro atoms. The first-order valence-corrected chi connectivity index (χ1v) is 10.6. The van der Waals surface area contributed by atoms with Gasteiger partial charge in [0, 0.05) is 37.6 Å². The van der Waals surface area contributed by atoms with E-state index in [9.17, 15) is 4.79 Å². The maximum Gasteiger partial charge on any atom is 0.255 e. The number of nitrogens with zero attached hydrogens (tertiary/aromatic N) is 3. The number of hydrogen-bond acceptors (Lipinski definition) is 3. The van der Waals surface area contributed by atoms with Gasteiger partial charge in [0.25, 0.3) is 5.91 Å². The molecule has 5 heteroatoms. The van der Waals surface area contributed by atoms with Gasteiger partial charge in [0.05, 0.1) is 18.4 Å². The van der Waals surface area contributed by atoms with Gasteiger partial charge in [0.1, 0.15) is 5.75 Å². The van der Waals surface area contributed by atoms with E-state index in [1.54, 1.807) is 7.11 Å². The van der Waals surface area contributed by atoms with Crippen LogP contribution in [0.2, 0.25) is 0 Å². The third-order valence-corrected chi connectivity index (χ3v) is 5.98. The summed E-state index contributed by atoms with van der Waals surface area (Å²) in [5.41, 5.74) is 4.86. The van der Waals surface area contributed by atoms with Crippen LogP contribution in [0.4, 0.5) is 0 Å². The molecule has 3 aromatic rings. The normalized spacial score (nSPS) is 14.7. The second-order valence-electron chi connectivity index (χ2n) is 7.65. The Morgan fingerprint density at radius 3 is 2.23 bits per heavy atom. The Morgan fingerprint density at radius 2 is 1.63 bits per heavy atom. The predicted molar refractivity (Wildman–Crippen MR) is 121 cm³/mol. The minimum Gasteiger partial charge on any atom is -0.497 e. The molecule has 0 bridgehead atoms.